The van der Waals surface area contributed by atoms with E-state index in [9.17, 15) is 23.1 Å². The highest BCUT2D eigenvalue weighted by molar-refractivity contribution is 6.37. The van der Waals surface area contributed by atoms with Gasteiger partial charge in [0, 0.05) is 54.2 Å². The molecule has 0 fully saturated rings. The second kappa shape index (κ2) is 10.4. The van der Waals surface area contributed by atoms with E-state index in [1.165, 1.54) is 25.8 Å². The van der Waals surface area contributed by atoms with Crippen LogP contribution in [0.25, 0.3) is 0 Å². The van der Waals surface area contributed by atoms with Gasteiger partial charge in [-0.3, -0.25) is 9.79 Å². The van der Waals surface area contributed by atoms with Crippen LogP contribution in [0.5, 0.6) is 0 Å². The highest BCUT2D eigenvalue weighted by atomic mass is 35.5. The van der Waals surface area contributed by atoms with Crippen molar-refractivity contribution in [1.29, 1.82) is 5.41 Å². The summed E-state index contributed by atoms with van der Waals surface area (Å²) in [6.45, 7) is 4.86. The van der Waals surface area contributed by atoms with Gasteiger partial charge in [-0.15, -0.1) is 0 Å². The molecule has 0 saturated heterocycles. The smallest absolute Gasteiger partial charge is 0.256 e. The van der Waals surface area contributed by atoms with E-state index in [2.05, 4.69) is 4.99 Å². The number of nitrogens with two attached hydrogens (primary N) is 1. The van der Waals surface area contributed by atoms with Crippen LogP contribution in [0.1, 0.15) is 55.1 Å². The van der Waals surface area contributed by atoms with Crippen molar-refractivity contribution in [3.05, 3.63) is 80.8 Å². The standard InChI is InChI=1S/C26H28ClF3N4O2/c1-13-23(32)18(24(33-4)14-7-15(28)9-16(29)8-14)5-6-34(13)25(35)20-11-17(30)10-19(22(20)27)21(31)12-26(2,3)36/h7-11,13,31,36H,5-6,12,32H2,1-4H3. The number of benzene rings is 2. The third kappa shape index (κ3) is 5.79. The molecule has 36 heavy (non-hydrogen) atoms. The summed E-state index contributed by atoms with van der Waals surface area (Å²) in [5.74, 6) is -2.84. The first-order valence-corrected chi connectivity index (χ1v) is 11.6. The molecule has 1 heterocycles. The summed E-state index contributed by atoms with van der Waals surface area (Å²) in [7, 11) is 1.48. The number of carbonyl (C=O) groups is 1. The van der Waals surface area contributed by atoms with Gasteiger partial charge in [0.25, 0.3) is 5.91 Å². The molecule has 0 bridgehead atoms. The van der Waals surface area contributed by atoms with E-state index in [1.54, 1.807) is 6.92 Å². The van der Waals surface area contributed by atoms with Gasteiger partial charge in [-0.2, -0.15) is 0 Å². The minimum Gasteiger partial charge on any atom is -0.400 e. The van der Waals surface area contributed by atoms with Crippen molar-refractivity contribution in [2.75, 3.05) is 13.6 Å². The van der Waals surface area contributed by atoms with Crippen LogP contribution < -0.4 is 5.73 Å². The maximum absolute atomic E-state index is 14.5. The number of nitrogens with one attached hydrogen (secondary N) is 1. The first-order chi connectivity index (χ1) is 16.7. The summed E-state index contributed by atoms with van der Waals surface area (Å²) in [5, 5.41) is 18.2. The second-order valence-corrected chi connectivity index (χ2v) is 9.75. The predicted octanol–water partition coefficient (Wildman–Crippen LogP) is 4.85. The molecule has 1 aliphatic heterocycles. The number of nitrogens with zero attached hydrogens (tertiary/aromatic N) is 2. The zero-order valence-corrected chi connectivity index (χ0v) is 21.2. The van der Waals surface area contributed by atoms with Gasteiger partial charge < -0.3 is 21.1 Å². The normalized spacial score (nSPS) is 17.0. The van der Waals surface area contributed by atoms with Gasteiger partial charge in [-0.1, -0.05) is 11.6 Å². The Morgan fingerprint density at radius 3 is 2.28 bits per heavy atom. The molecule has 2 aromatic carbocycles. The first-order valence-electron chi connectivity index (χ1n) is 11.3. The van der Waals surface area contributed by atoms with Crippen molar-refractivity contribution in [3.8, 4) is 0 Å². The first kappa shape index (κ1) is 27.4. The summed E-state index contributed by atoms with van der Waals surface area (Å²) in [5.41, 5.74) is 6.31. The molecule has 4 N–H and O–H groups in total. The number of rotatable bonds is 6. The summed E-state index contributed by atoms with van der Waals surface area (Å²) >= 11 is 6.44. The Bertz CT molecular complexity index is 1260. The van der Waals surface area contributed by atoms with Crippen LogP contribution in [0.4, 0.5) is 13.2 Å². The van der Waals surface area contributed by atoms with Crippen LogP contribution in [0.3, 0.4) is 0 Å². The maximum Gasteiger partial charge on any atom is 0.256 e. The Hall–Kier alpha value is -3.17. The number of aliphatic imine (C=N–C) groups is 1. The molecule has 0 radical (unpaired) electrons. The van der Waals surface area contributed by atoms with Crippen molar-refractivity contribution >= 4 is 28.9 Å². The molecule has 3 rings (SSSR count). The maximum atomic E-state index is 14.5. The highest BCUT2D eigenvalue weighted by Crippen LogP contribution is 2.31. The Morgan fingerprint density at radius 2 is 1.72 bits per heavy atom. The molecule has 0 saturated carbocycles. The van der Waals surface area contributed by atoms with E-state index in [1.807, 2.05) is 0 Å². The van der Waals surface area contributed by atoms with Gasteiger partial charge in [0.05, 0.1) is 27.9 Å². The molecule has 0 aliphatic carbocycles. The van der Waals surface area contributed by atoms with Crippen LogP contribution in [0, 0.1) is 22.9 Å². The lowest BCUT2D eigenvalue weighted by Crippen LogP contribution is -2.46. The molecule has 1 aliphatic rings. The third-order valence-electron chi connectivity index (χ3n) is 5.98. The summed E-state index contributed by atoms with van der Waals surface area (Å²) in [6, 6.07) is 4.48. The number of hydrogen-bond acceptors (Lipinski definition) is 5. The van der Waals surface area contributed by atoms with Gasteiger partial charge in [-0.05, 0) is 51.5 Å². The number of carbonyl (C=O) groups excluding carboxylic acids is 1. The zero-order chi connectivity index (χ0) is 26.9. The summed E-state index contributed by atoms with van der Waals surface area (Å²) in [6.07, 6.45) is 0.143. The van der Waals surface area contributed by atoms with Crippen molar-refractivity contribution in [1.82, 2.24) is 4.90 Å². The van der Waals surface area contributed by atoms with Gasteiger partial charge in [0.1, 0.15) is 17.5 Å². The Balaban J connectivity index is 1.96. The van der Waals surface area contributed by atoms with Crippen molar-refractivity contribution in [2.24, 2.45) is 10.7 Å². The minimum absolute atomic E-state index is 0.0181. The fourth-order valence-electron chi connectivity index (χ4n) is 4.30. The molecular weight excluding hydrogens is 493 g/mol. The van der Waals surface area contributed by atoms with Crippen LogP contribution >= 0.6 is 11.6 Å². The second-order valence-electron chi connectivity index (χ2n) is 9.37. The minimum atomic E-state index is -1.23. The predicted molar refractivity (Wildman–Crippen MR) is 134 cm³/mol. The third-order valence-corrected chi connectivity index (χ3v) is 6.38. The molecule has 2 aromatic rings. The van der Waals surface area contributed by atoms with Crippen LogP contribution in [0.2, 0.25) is 5.02 Å². The molecular formula is C26H28ClF3N4O2. The molecule has 0 aromatic heterocycles. The largest absolute Gasteiger partial charge is 0.400 e. The topological polar surface area (TPSA) is 103 Å². The van der Waals surface area contributed by atoms with Crippen molar-refractivity contribution < 1.29 is 23.1 Å². The van der Waals surface area contributed by atoms with E-state index < -0.39 is 35.0 Å². The Kier molecular flexibility index (Phi) is 7.95. The molecule has 1 atom stereocenters. The van der Waals surface area contributed by atoms with E-state index in [0.717, 1.165) is 30.3 Å². The molecule has 0 spiro atoms. The monoisotopic (exact) mass is 520 g/mol. The molecule has 1 amide bonds. The average Bonchev–Trinajstić information content (AvgIpc) is 2.76. The van der Waals surface area contributed by atoms with Crippen LogP contribution in [-0.2, 0) is 0 Å². The Labute approximate surface area is 212 Å². The number of amides is 1. The number of halogens is 4. The van der Waals surface area contributed by atoms with Crippen molar-refractivity contribution in [2.45, 2.75) is 45.3 Å². The summed E-state index contributed by atoms with van der Waals surface area (Å²) in [4.78, 5) is 19.1. The van der Waals surface area contributed by atoms with Crippen molar-refractivity contribution in [3.63, 3.8) is 0 Å². The van der Waals surface area contributed by atoms with E-state index in [-0.39, 0.29) is 52.5 Å². The number of aliphatic hydroxyl groups is 1. The van der Waals surface area contributed by atoms with E-state index in [0.29, 0.717) is 11.3 Å². The van der Waals surface area contributed by atoms with E-state index in [4.69, 9.17) is 22.7 Å². The summed E-state index contributed by atoms with van der Waals surface area (Å²) < 4.78 is 42.1. The Morgan fingerprint density at radius 1 is 1.17 bits per heavy atom. The lowest BCUT2D eigenvalue weighted by Gasteiger charge is -2.36. The molecule has 192 valence electrons. The fraction of sp³-hybridized carbons (Fsp3) is 0.346. The van der Waals surface area contributed by atoms with Gasteiger partial charge in [0.15, 0.2) is 0 Å². The quantitative estimate of drug-likeness (QED) is 0.474. The zero-order valence-electron chi connectivity index (χ0n) is 20.4. The van der Waals surface area contributed by atoms with Crippen LogP contribution in [0.15, 0.2) is 46.6 Å². The molecule has 1 unspecified atom stereocenters. The lowest BCUT2D eigenvalue weighted by molar-refractivity contribution is 0.0706. The fourth-order valence-corrected chi connectivity index (χ4v) is 4.60. The SMILES string of the molecule is CN=C(C1=C(N)C(C)N(C(=O)c2cc(F)cc(C(=N)CC(C)(C)O)c2Cl)CC1)c1cc(F)cc(F)c1. The molecule has 10 heteroatoms. The number of hydrogen-bond donors (Lipinski definition) is 3. The van der Waals surface area contributed by atoms with Gasteiger partial charge in [0.2, 0.25) is 0 Å². The van der Waals surface area contributed by atoms with Gasteiger partial charge >= 0.3 is 0 Å². The lowest BCUT2D eigenvalue weighted by atomic mass is 9.91. The highest BCUT2D eigenvalue weighted by Gasteiger charge is 2.33. The van der Waals surface area contributed by atoms with E-state index >= 15 is 0 Å². The van der Waals surface area contributed by atoms with Gasteiger partial charge in [-0.25, -0.2) is 13.2 Å². The van der Waals surface area contributed by atoms with Crippen LogP contribution in [-0.4, -0.2) is 52.6 Å². The molecule has 6 nitrogen and oxygen atoms in total. The average molecular weight is 521 g/mol.